The van der Waals surface area contributed by atoms with Crippen LogP contribution in [-0.2, 0) is 14.3 Å². The second-order valence-corrected chi connectivity index (χ2v) is 6.03. The molecule has 0 radical (unpaired) electrons. The van der Waals surface area contributed by atoms with Crippen molar-refractivity contribution in [1.29, 1.82) is 0 Å². The molecule has 0 bridgehead atoms. The Morgan fingerprint density at radius 3 is 2.65 bits per heavy atom. The molecule has 3 fully saturated rings. The van der Waals surface area contributed by atoms with Crippen molar-refractivity contribution in [1.82, 2.24) is 10.2 Å². The molecule has 0 aromatic rings. The van der Waals surface area contributed by atoms with Gasteiger partial charge in [-0.3, -0.25) is 9.59 Å². The topological polar surface area (TPSA) is 58.6 Å². The van der Waals surface area contributed by atoms with Crippen molar-refractivity contribution in [3.05, 3.63) is 0 Å². The van der Waals surface area contributed by atoms with E-state index in [1.807, 2.05) is 0 Å². The van der Waals surface area contributed by atoms with E-state index in [0.29, 0.717) is 38.6 Å². The van der Waals surface area contributed by atoms with E-state index in [2.05, 4.69) is 5.32 Å². The van der Waals surface area contributed by atoms with Crippen LogP contribution >= 0.6 is 0 Å². The quantitative estimate of drug-likeness (QED) is 0.815. The monoisotopic (exact) mass is 284 g/mol. The summed E-state index contributed by atoms with van der Waals surface area (Å²) in [5.41, 5.74) is -1.63. The van der Waals surface area contributed by atoms with E-state index < -0.39 is 11.8 Å². The lowest BCUT2D eigenvalue weighted by atomic mass is 9.80. The maximum Gasteiger partial charge on any atom is 0.260 e. The van der Waals surface area contributed by atoms with E-state index in [-0.39, 0.29) is 24.0 Å². The molecular weight excluding hydrogens is 263 g/mol. The molecule has 3 atom stereocenters. The highest BCUT2D eigenvalue weighted by Crippen LogP contribution is 2.41. The summed E-state index contributed by atoms with van der Waals surface area (Å²) in [5, 5.41) is 2.59. The highest BCUT2D eigenvalue weighted by molar-refractivity contribution is 5.87. The van der Waals surface area contributed by atoms with Crippen LogP contribution in [0.5, 0.6) is 0 Å². The number of fused-ring (bicyclic) bond motifs is 1. The Morgan fingerprint density at radius 2 is 2.05 bits per heavy atom. The van der Waals surface area contributed by atoms with Crippen molar-refractivity contribution in [2.75, 3.05) is 13.6 Å². The Hall–Kier alpha value is -1.17. The predicted octanol–water partition coefficient (Wildman–Crippen LogP) is 0.773. The molecule has 1 N–H and O–H groups in total. The Morgan fingerprint density at radius 1 is 1.30 bits per heavy atom. The molecule has 2 amide bonds. The molecule has 2 saturated heterocycles. The first-order valence-electron chi connectivity index (χ1n) is 7.42. The first kappa shape index (κ1) is 13.8. The molecule has 0 aromatic heterocycles. The number of halogens is 1. The van der Waals surface area contributed by atoms with Gasteiger partial charge in [0.05, 0.1) is 12.1 Å². The van der Waals surface area contributed by atoms with Gasteiger partial charge in [0.15, 0.2) is 5.67 Å². The molecule has 0 unspecified atom stereocenters. The molecule has 0 spiro atoms. The third-order valence-electron chi connectivity index (χ3n) is 4.88. The minimum absolute atomic E-state index is 0.0587. The molecular formula is C14H21FN2O3. The summed E-state index contributed by atoms with van der Waals surface area (Å²) in [6.07, 6.45) is 2.93. The van der Waals surface area contributed by atoms with E-state index in [9.17, 15) is 14.0 Å². The lowest BCUT2D eigenvalue weighted by Crippen LogP contribution is -2.55. The number of hydrogen-bond acceptors (Lipinski definition) is 3. The standard InChI is InChI=1S/C14H21FN2O3/c1-16-12(18)11-4-3-9-10(20-11)5-8-17(9)13(19)14(15)6-2-7-14/h9-11H,2-8H2,1H3,(H,16,18)/t9-,10-,11+/m1/s1. The number of carbonyl (C=O) groups is 2. The summed E-state index contributed by atoms with van der Waals surface area (Å²) >= 11 is 0. The third kappa shape index (κ3) is 2.10. The van der Waals surface area contributed by atoms with Crippen molar-refractivity contribution < 1.29 is 18.7 Å². The number of amides is 2. The van der Waals surface area contributed by atoms with Crippen LogP contribution in [-0.4, -0.2) is 54.2 Å². The lowest BCUT2D eigenvalue weighted by molar-refractivity contribution is -0.157. The summed E-state index contributed by atoms with van der Waals surface area (Å²) in [6, 6.07) is -0.0587. The first-order valence-corrected chi connectivity index (χ1v) is 7.42. The van der Waals surface area contributed by atoms with Crippen molar-refractivity contribution in [2.45, 2.75) is 62.4 Å². The zero-order chi connectivity index (χ0) is 14.3. The van der Waals surface area contributed by atoms with Gasteiger partial charge in [-0.1, -0.05) is 0 Å². The zero-order valence-electron chi connectivity index (χ0n) is 11.7. The summed E-state index contributed by atoms with van der Waals surface area (Å²) < 4.78 is 20.1. The van der Waals surface area contributed by atoms with Gasteiger partial charge in [-0.25, -0.2) is 4.39 Å². The number of likely N-dealkylation sites (N-methyl/N-ethyl adjacent to an activating group) is 1. The maximum atomic E-state index is 14.3. The Kier molecular flexibility index (Phi) is 3.44. The van der Waals surface area contributed by atoms with E-state index in [1.165, 1.54) is 0 Å². The van der Waals surface area contributed by atoms with Gasteiger partial charge < -0.3 is 15.0 Å². The van der Waals surface area contributed by atoms with E-state index in [1.54, 1.807) is 11.9 Å². The highest BCUT2D eigenvalue weighted by atomic mass is 19.1. The van der Waals surface area contributed by atoms with Gasteiger partial charge in [0.2, 0.25) is 5.91 Å². The largest absolute Gasteiger partial charge is 0.363 e. The molecule has 5 nitrogen and oxygen atoms in total. The summed E-state index contributed by atoms with van der Waals surface area (Å²) in [5.74, 6) is -0.479. The van der Waals surface area contributed by atoms with Gasteiger partial charge in [-0.2, -0.15) is 0 Å². The third-order valence-corrected chi connectivity index (χ3v) is 4.88. The number of ether oxygens (including phenoxy) is 1. The average Bonchev–Trinajstić information content (AvgIpc) is 2.85. The molecule has 112 valence electrons. The van der Waals surface area contributed by atoms with Crippen LogP contribution in [0.15, 0.2) is 0 Å². The number of nitrogens with zero attached hydrogens (tertiary/aromatic N) is 1. The Bertz CT molecular complexity index is 425. The highest BCUT2D eigenvalue weighted by Gasteiger charge is 2.52. The second-order valence-electron chi connectivity index (χ2n) is 6.03. The van der Waals surface area contributed by atoms with Crippen LogP contribution in [0.2, 0.25) is 0 Å². The van der Waals surface area contributed by atoms with Crippen LogP contribution in [0.4, 0.5) is 4.39 Å². The molecule has 0 aromatic carbocycles. The van der Waals surface area contributed by atoms with Crippen LogP contribution in [0.25, 0.3) is 0 Å². The van der Waals surface area contributed by atoms with Gasteiger partial charge in [-0.05, 0) is 38.5 Å². The predicted molar refractivity (Wildman–Crippen MR) is 69.8 cm³/mol. The zero-order valence-corrected chi connectivity index (χ0v) is 11.7. The SMILES string of the molecule is CNC(=O)[C@@H]1CC[C@@H]2[C@@H](CCN2C(=O)C2(F)CCC2)O1. The smallest absolute Gasteiger partial charge is 0.260 e. The summed E-state index contributed by atoms with van der Waals surface area (Å²) in [6.45, 7) is 0.542. The molecule has 6 heteroatoms. The lowest BCUT2D eigenvalue weighted by Gasteiger charge is -2.40. The van der Waals surface area contributed by atoms with Crippen LogP contribution < -0.4 is 5.32 Å². The summed E-state index contributed by atoms with van der Waals surface area (Å²) in [4.78, 5) is 25.6. The second kappa shape index (κ2) is 4.98. The Labute approximate surface area is 117 Å². The fourth-order valence-electron chi connectivity index (χ4n) is 3.49. The molecule has 1 saturated carbocycles. The minimum Gasteiger partial charge on any atom is -0.363 e. The molecule has 2 heterocycles. The minimum atomic E-state index is -1.63. The number of carbonyl (C=O) groups excluding carboxylic acids is 2. The number of rotatable bonds is 2. The van der Waals surface area contributed by atoms with Crippen LogP contribution in [0.1, 0.15) is 38.5 Å². The normalized spacial score (nSPS) is 35.1. The van der Waals surface area contributed by atoms with E-state index >= 15 is 0 Å². The van der Waals surface area contributed by atoms with Gasteiger partial charge >= 0.3 is 0 Å². The van der Waals surface area contributed by atoms with Crippen molar-refractivity contribution >= 4 is 11.8 Å². The number of nitrogens with one attached hydrogen (secondary N) is 1. The molecule has 20 heavy (non-hydrogen) atoms. The number of alkyl halides is 1. The van der Waals surface area contributed by atoms with Gasteiger partial charge in [0, 0.05) is 13.6 Å². The van der Waals surface area contributed by atoms with Crippen LogP contribution in [0, 0.1) is 0 Å². The van der Waals surface area contributed by atoms with Crippen molar-refractivity contribution in [3.8, 4) is 0 Å². The summed E-state index contributed by atoms with van der Waals surface area (Å²) in [7, 11) is 1.59. The van der Waals surface area contributed by atoms with Gasteiger partial charge in [0.25, 0.3) is 5.91 Å². The molecule has 3 aliphatic rings. The maximum absolute atomic E-state index is 14.3. The van der Waals surface area contributed by atoms with Gasteiger partial charge in [-0.15, -0.1) is 0 Å². The number of likely N-dealkylation sites (tertiary alicyclic amines) is 1. The first-order chi connectivity index (χ1) is 9.55. The average molecular weight is 284 g/mol. The Balaban J connectivity index is 1.65. The molecule has 3 rings (SSSR count). The molecule has 1 aliphatic carbocycles. The van der Waals surface area contributed by atoms with E-state index in [4.69, 9.17) is 4.74 Å². The fourth-order valence-corrected chi connectivity index (χ4v) is 3.49. The van der Waals surface area contributed by atoms with Crippen LogP contribution in [0.3, 0.4) is 0 Å². The van der Waals surface area contributed by atoms with E-state index in [0.717, 1.165) is 6.42 Å². The van der Waals surface area contributed by atoms with Crippen molar-refractivity contribution in [3.63, 3.8) is 0 Å². The fraction of sp³-hybridized carbons (Fsp3) is 0.857. The van der Waals surface area contributed by atoms with Gasteiger partial charge in [0.1, 0.15) is 6.10 Å². The molecule has 2 aliphatic heterocycles. The number of hydrogen-bond donors (Lipinski definition) is 1. The van der Waals surface area contributed by atoms with Crippen molar-refractivity contribution in [2.24, 2.45) is 0 Å².